The first-order chi connectivity index (χ1) is 17.6. The van der Waals surface area contributed by atoms with Crippen LogP contribution in [-0.2, 0) is 24.2 Å². The molecular formula is C31H37N3O2. The highest BCUT2D eigenvalue weighted by molar-refractivity contribution is 5.76. The Kier molecular flexibility index (Phi) is 9.15. The molecule has 0 saturated heterocycles. The maximum atomic E-state index is 12.2. The molecule has 3 aromatic carbocycles. The molecule has 0 radical (unpaired) electrons. The molecule has 5 nitrogen and oxygen atoms in total. The molecule has 1 heterocycles. The van der Waals surface area contributed by atoms with Gasteiger partial charge in [-0.25, -0.2) is 4.98 Å². The number of amides is 1. The molecule has 1 aromatic heterocycles. The van der Waals surface area contributed by atoms with E-state index in [0.29, 0.717) is 25.5 Å². The van der Waals surface area contributed by atoms with Gasteiger partial charge in [-0.1, -0.05) is 68.4 Å². The van der Waals surface area contributed by atoms with Crippen LogP contribution in [0.5, 0.6) is 5.75 Å². The molecule has 0 fully saturated rings. The molecule has 1 unspecified atom stereocenters. The number of aromatic nitrogens is 2. The summed E-state index contributed by atoms with van der Waals surface area (Å²) in [6, 6.07) is 26.8. The largest absolute Gasteiger partial charge is 0.492 e. The maximum Gasteiger partial charge on any atom is 0.220 e. The average molecular weight is 484 g/mol. The fourth-order valence-corrected chi connectivity index (χ4v) is 4.41. The van der Waals surface area contributed by atoms with Gasteiger partial charge in [0.05, 0.1) is 17.6 Å². The number of rotatable bonds is 13. The summed E-state index contributed by atoms with van der Waals surface area (Å²) in [6.07, 6.45) is 4.06. The Bertz CT molecular complexity index is 1230. The van der Waals surface area contributed by atoms with Crippen LogP contribution in [0.15, 0.2) is 78.9 Å². The Morgan fingerprint density at radius 3 is 2.50 bits per heavy atom. The number of hydrogen-bond acceptors (Lipinski definition) is 3. The standard InChI is InChI=1S/C31H37N3O2/c1-3-24(2)26-16-18-27(19-17-26)36-23-22-34-29-13-8-7-12-28(29)33-30(34)14-9-21-32-31(35)20-15-25-10-5-4-6-11-25/h4-8,10-13,16-19,24H,3,9,14-15,20-23H2,1-2H3,(H,32,35). The molecule has 0 bridgehead atoms. The second-order valence-electron chi connectivity index (χ2n) is 9.33. The van der Waals surface area contributed by atoms with Crippen molar-refractivity contribution in [1.29, 1.82) is 0 Å². The molecular weight excluding hydrogens is 446 g/mol. The monoisotopic (exact) mass is 483 g/mol. The van der Waals surface area contributed by atoms with Crippen molar-refractivity contribution in [1.82, 2.24) is 14.9 Å². The zero-order valence-electron chi connectivity index (χ0n) is 21.5. The van der Waals surface area contributed by atoms with E-state index in [4.69, 9.17) is 9.72 Å². The van der Waals surface area contributed by atoms with Gasteiger partial charge in [-0.3, -0.25) is 4.79 Å². The number of ether oxygens (including phenoxy) is 1. The molecule has 1 N–H and O–H groups in total. The highest BCUT2D eigenvalue weighted by Gasteiger charge is 2.11. The molecule has 0 aliphatic heterocycles. The lowest BCUT2D eigenvalue weighted by molar-refractivity contribution is -0.121. The lowest BCUT2D eigenvalue weighted by Gasteiger charge is -2.13. The summed E-state index contributed by atoms with van der Waals surface area (Å²) >= 11 is 0. The van der Waals surface area contributed by atoms with E-state index in [1.807, 2.05) is 30.3 Å². The van der Waals surface area contributed by atoms with Gasteiger partial charge in [0.1, 0.15) is 18.2 Å². The van der Waals surface area contributed by atoms with Gasteiger partial charge in [0.2, 0.25) is 5.91 Å². The highest BCUT2D eigenvalue weighted by atomic mass is 16.5. The van der Waals surface area contributed by atoms with Crippen LogP contribution in [0.4, 0.5) is 0 Å². The number of imidazole rings is 1. The summed E-state index contributed by atoms with van der Waals surface area (Å²) in [4.78, 5) is 17.1. The Labute approximate surface area is 214 Å². The number of aryl methyl sites for hydroxylation is 2. The van der Waals surface area contributed by atoms with E-state index in [2.05, 4.69) is 72.3 Å². The lowest BCUT2D eigenvalue weighted by atomic mass is 9.99. The number of benzene rings is 3. The SMILES string of the molecule is CCC(C)c1ccc(OCCn2c(CCCNC(=O)CCc3ccccc3)nc3ccccc32)cc1. The van der Waals surface area contributed by atoms with Gasteiger partial charge in [-0.05, 0) is 60.6 Å². The van der Waals surface area contributed by atoms with E-state index in [1.165, 1.54) is 11.1 Å². The molecule has 0 spiro atoms. The van der Waals surface area contributed by atoms with Gasteiger partial charge in [0, 0.05) is 19.4 Å². The number of fused-ring (bicyclic) bond motifs is 1. The summed E-state index contributed by atoms with van der Waals surface area (Å²) in [5.74, 6) is 2.59. The Balaban J connectivity index is 1.28. The molecule has 4 rings (SSSR count). The predicted molar refractivity (Wildman–Crippen MR) is 146 cm³/mol. The van der Waals surface area contributed by atoms with Crippen molar-refractivity contribution in [3.63, 3.8) is 0 Å². The number of hydrogen-bond donors (Lipinski definition) is 1. The summed E-state index contributed by atoms with van der Waals surface area (Å²) in [6.45, 7) is 6.41. The Morgan fingerprint density at radius 1 is 0.972 bits per heavy atom. The first kappa shape index (κ1) is 25.5. The molecule has 1 amide bonds. The Morgan fingerprint density at radius 2 is 1.72 bits per heavy atom. The third-order valence-corrected chi connectivity index (χ3v) is 6.76. The summed E-state index contributed by atoms with van der Waals surface area (Å²) in [5, 5.41) is 3.06. The molecule has 0 aliphatic carbocycles. The van der Waals surface area contributed by atoms with Crippen LogP contribution < -0.4 is 10.1 Å². The predicted octanol–water partition coefficient (Wildman–Crippen LogP) is 6.31. The fraction of sp³-hybridized carbons (Fsp3) is 0.355. The van der Waals surface area contributed by atoms with Gasteiger partial charge < -0.3 is 14.6 Å². The van der Waals surface area contributed by atoms with E-state index in [9.17, 15) is 4.79 Å². The minimum atomic E-state index is 0.0973. The van der Waals surface area contributed by atoms with Gasteiger partial charge in [-0.15, -0.1) is 0 Å². The Hall–Kier alpha value is -3.60. The molecule has 0 aliphatic rings. The van der Waals surface area contributed by atoms with Crippen LogP contribution in [0, 0.1) is 0 Å². The number of carbonyl (C=O) groups is 1. The third-order valence-electron chi connectivity index (χ3n) is 6.76. The second-order valence-corrected chi connectivity index (χ2v) is 9.33. The second kappa shape index (κ2) is 12.9. The third kappa shape index (κ3) is 6.97. The molecule has 188 valence electrons. The normalized spacial score (nSPS) is 11.9. The van der Waals surface area contributed by atoms with Crippen LogP contribution in [0.1, 0.15) is 56.0 Å². The quantitative estimate of drug-likeness (QED) is 0.227. The van der Waals surface area contributed by atoms with Crippen LogP contribution in [-0.4, -0.2) is 28.6 Å². The van der Waals surface area contributed by atoms with Gasteiger partial charge in [0.25, 0.3) is 0 Å². The van der Waals surface area contributed by atoms with Crippen molar-refractivity contribution >= 4 is 16.9 Å². The number of nitrogens with one attached hydrogen (secondary N) is 1. The first-order valence-electron chi connectivity index (χ1n) is 13.1. The van der Waals surface area contributed by atoms with Crippen molar-refractivity contribution in [2.45, 2.75) is 58.4 Å². The molecule has 36 heavy (non-hydrogen) atoms. The van der Waals surface area contributed by atoms with Crippen LogP contribution in [0.3, 0.4) is 0 Å². The summed E-state index contributed by atoms with van der Waals surface area (Å²) in [5.41, 5.74) is 4.65. The highest BCUT2D eigenvalue weighted by Crippen LogP contribution is 2.22. The zero-order chi connectivity index (χ0) is 25.2. The average Bonchev–Trinajstić information content (AvgIpc) is 3.27. The van der Waals surface area contributed by atoms with Crippen molar-refractivity contribution < 1.29 is 9.53 Å². The van der Waals surface area contributed by atoms with Gasteiger partial charge in [-0.2, -0.15) is 0 Å². The minimum Gasteiger partial charge on any atom is -0.492 e. The van der Waals surface area contributed by atoms with Crippen LogP contribution in [0.2, 0.25) is 0 Å². The van der Waals surface area contributed by atoms with Crippen molar-refractivity contribution in [3.8, 4) is 5.75 Å². The topological polar surface area (TPSA) is 56.1 Å². The minimum absolute atomic E-state index is 0.0973. The van der Waals surface area contributed by atoms with Crippen molar-refractivity contribution in [2.75, 3.05) is 13.2 Å². The van der Waals surface area contributed by atoms with Crippen molar-refractivity contribution in [2.24, 2.45) is 0 Å². The molecule has 0 saturated carbocycles. The zero-order valence-corrected chi connectivity index (χ0v) is 21.5. The van der Waals surface area contributed by atoms with E-state index in [-0.39, 0.29) is 5.91 Å². The van der Waals surface area contributed by atoms with Gasteiger partial charge in [0.15, 0.2) is 0 Å². The lowest BCUT2D eigenvalue weighted by Crippen LogP contribution is -2.25. The molecule has 1 atom stereocenters. The number of carbonyl (C=O) groups excluding carboxylic acids is 1. The molecule has 4 aromatic rings. The van der Waals surface area contributed by atoms with E-state index >= 15 is 0 Å². The van der Waals surface area contributed by atoms with E-state index in [1.54, 1.807) is 0 Å². The van der Waals surface area contributed by atoms with Crippen LogP contribution in [0.25, 0.3) is 11.0 Å². The molecule has 5 heteroatoms. The first-order valence-corrected chi connectivity index (χ1v) is 13.1. The number of para-hydroxylation sites is 2. The fourth-order valence-electron chi connectivity index (χ4n) is 4.41. The van der Waals surface area contributed by atoms with Gasteiger partial charge >= 0.3 is 0 Å². The van der Waals surface area contributed by atoms with Crippen molar-refractivity contribution in [3.05, 3.63) is 95.8 Å². The summed E-state index contributed by atoms with van der Waals surface area (Å²) < 4.78 is 8.32. The van der Waals surface area contributed by atoms with E-state index in [0.717, 1.165) is 54.8 Å². The summed E-state index contributed by atoms with van der Waals surface area (Å²) in [7, 11) is 0. The van der Waals surface area contributed by atoms with Crippen LogP contribution >= 0.6 is 0 Å². The maximum absolute atomic E-state index is 12.2. The van der Waals surface area contributed by atoms with E-state index < -0.39 is 0 Å². The number of nitrogens with zero attached hydrogens (tertiary/aromatic N) is 2. The smallest absolute Gasteiger partial charge is 0.220 e.